The van der Waals surface area contributed by atoms with E-state index in [0.717, 1.165) is 15.5 Å². The number of hydrogen-bond donors (Lipinski definition) is 1. The largest absolute Gasteiger partial charge is 0.336 e. The lowest BCUT2D eigenvalue weighted by atomic mass is 10.3. The summed E-state index contributed by atoms with van der Waals surface area (Å²) in [7, 11) is 1.70. The maximum Gasteiger partial charge on any atom is 0.274 e. The fraction of sp³-hybridized carbons (Fsp3) is 0.182. The monoisotopic (exact) mass is 327 g/mol. The highest BCUT2D eigenvalue weighted by molar-refractivity contribution is 9.11. The summed E-state index contributed by atoms with van der Waals surface area (Å²) in [6, 6.07) is 1.97. The van der Waals surface area contributed by atoms with Crippen LogP contribution in [0.3, 0.4) is 0 Å². The van der Waals surface area contributed by atoms with E-state index in [9.17, 15) is 9.59 Å². The predicted molar refractivity (Wildman–Crippen MR) is 72.7 cm³/mol. The smallest absolute Gasteiger partial charge is 0.274 e. The van der Waals surface area contributed by atoms with Gasteiger partial charge in [0.15, 0.2) is 0 Å². The average molecular weight is 328 g/mol. The van der Waals surface area contributed by atoms with Gasteiger partial charge >= 0.3 is 0 Å². The number of nitrogens with zero attached hydrogens (tertiary/aromatic N) is 2. The second-order valence-electron chi connectivity index (χ2n) is 3.72. The van der Waals surface area contributed by atoms with E-state index in [1.54, 1.807) is 23.3 Å². The second-order valence-corrected chi connectivity index (χ2v) is 6.01. The van der Waals surface area contributed by atoms with E-state index < -0.39 is 0 Å². The van der Waals surface area contributed by atoms with Gasteiger partial charge in [0.1, 0.15) is 5.69 Å². The van der Waals surface area contributed by atoms with Crippen LogP contribution in [0.15, 0.2) is 32.4 Å². The summed E-state index contributed by atoms with van der Waals surface area (Å²) in [5, 5.41) is 1.98. The van der Waals surface area contributed by atoms with Gasteiger partial charge in [-0.15, -0.1) is 11.3 Å². The first-order valence-corrected chi connectivity index (χ1v) is 6.76. The van der Waals surface area contributed by atoms with Crippen molar-refractivity contribution < 1.29 is 4.79 Å². The summed E-state index contributed by atoms with van der Waals surface area (Å²) in [5.41, 5.74) is 0.953. The van der Waals surface area contributed by atoms with E-state index in [-0.39, 0.29) is 17.2 Å². The minimum absolute atomic E-state index is 0.228. The van der Waals surface area contributed by atoms with Crippen molar-refractivity contribution in [3.8, 4) is 0 Å². The summed E-state index contributed by atoms with van der Waals surface area (Å²) < 4.78 is 1.03. The molecule has 2 rings (SSSR count). The summed E-state index contributed by atoms with van der Waals surface area (Å²) >= 11 is 4.95. The Balaban J connectivity index is 2.09. The minimum atomic E-state index is -0.323. The van der Waals surface area contributed by atoms with E-state index in [1.165, 1.54) is 6.20 Å². The lowest BCUT2D eigenvalue weighted by Gasteiger charge is -2.15. The van der Waals surface area contributed by atoms with Crippen molar-refractivity contribution in [1.82, 2.24) is 14.9 Å². The minimum Gasteiger partial charge on any atom is -0.336 e. The van der Waals surface area contributed by atoms with Crippen LogP contribution in [0.2, 0.25) is 0 Å². The molecule has 0 saturated heterocycles. The van der Waals surface area contributed by atoms with Crippen LogP contribution >= 0.6 is 27.3 Å². The van der Waals surface area contributed by atoms with Gasteiger partial charge in [0, 0.05) is 19.8 Å². The van der Waals surface area contributed by atoms with Crippen LogP contribution in [0, 0.1) is 0 Å². The van der Waals surface area contributed by atoms with E-state index >= 15 is 0 Å². The molecule has 5 nitrogen and oxygen atoms in total. The molecular weight excluding hydrogens is 318 g/mol. The fourth-order valence-corrected chi connectivity index (χ4v) is 2.63. The molecule has 0 saturated carbocycles. The van der Waals surface area contributed by atoms with E-state index in [4.69, 9.17) is 0 Å². The number of rotatable bonds is 3. The van der Waals surface area contributed by atoms with E-state index in [1.807, 2.05) is 11.4 Å². The van der Waals surface area contributed by atoms with E-state index in [0.29, 0.717) is 6.54 Å². The highest BCUT2D eigenvalue weighted by Crippen LogP contribution is 2.21. The molecule has 0 atom stereocenters. The second kappa shape index (κ2) is 5.45. The Kier molecular flexibility index (Phi) is 3.93. The highest BCUT2D eigenvalue weighted by Gasteiger charge is 2.14. The number of thiophene rings is 1. The lowest BCUT2D eigenvalue weighted by Crippen LogP contribution is -2.27. The molecule has 2 aromatic rings. The molecule has 0 spiro atoms. The molecule has 18 heavy (non-hydrogen) atoms. The first-order valence-electron chi connectivity index (χ1n) is 5.09. The van der Waals surface area contributed by atoms with Crippen LogP contribution in [0.1, 0.15) is 16.1 Å². The summed E-state index contributed by atoms with van der Waals surface area (Å²) in [5.74, 6) is -0.228. The SMILES string of the molecule is CN(Cc1csc(Br)c1)C(=O)c1c[nH]c(=O)cn1. The van der Waals surface area contributed by atoms with Gasteiger partial charge in [0.05, 0.1) is 9.98 Å². The zero-order chi connectivity index (χ0) is 13.1. The number of aromatic amines is 1. The number of hydrogen-bond acceptors (Lipinski definition) is 4. The Bertz CT molecular complexity index is 602. The molecule has 0 radical (unpaired) electrons. The van der Waals surface area contributed by atoms with Gasteiger partial charge in [0.2, 0.25) is 0 Å². The Hall–Kier alpha value is -1.47. The first kappa shape index (κ1) is 13.0. The molecule has 0 fully saturated rings. The van der Waals surface area contributed by atoms with Crippen LogP contribution in [0.4, 0.5) is 0 Å². The van der Waals surface area contributed by atoms with E-state index in [2.05, 4.69) is 25.9 Å². The normalized spacial score (nSPS) is 10.3. The van der Waals surface area contributed by atoms with Crippen molar-refractivity contribution in [3.63, 3.8) is 0 Å². The Morgan fingerprint density at radius 1 is 1.61 bits per heavy atom. The first-order chi connectivity index (χ1) is 8.56. The molecule has 1 amide bonds. The Labute approximate surface area is 116 Å². The van der Waals surface area contributed by atoms with Gasteiger partial charge in [-0.3, -0.25) is 9.59 Å². The molecule has 0 aliphatic rings. The summed E-state index contributed by atoms with van der Waals surface area (Å²) in [4.78, 5) is 30.6. The van der Waals surface area contributed by atoms with Gasteiger partial charge in [-0.05, 0) is 32.9 Å². The van der Waals surface area contributed by atoms with Crippen LogP contribution in [-0.4, -0.2) is 27.8 Å². The molecule has 2 heterocycles. The third kappa shape index (κ3) is 3.05. The highest BCUT2D eigenvalue weighted by atomic mass is 79.9. The number of carbonyl (C=O) groups excluding carboxylic acids is 1. The topological polar surface area (TPSA) is 66.1 Å². The van der Waals surface area contributed by atoms with Crippen LogP contribution < -0.4 is 5.56 Å². The molecule has 1 N–H and O–H groups in total. The maximum absolute atomic E-state index is 12.0. The van der Waals surface area contributed by atoms with Crippen LogP contribution in [0.25, 0.3) is 0 Å². The number of carbonyl (C=O) groups is 1. The average Bonchev–Trinajstić information content (AvgIpc) is 2.75. The van der Waals surface area contributed by atoms with Crippen molar-refractivity contribution in [2.45, 2.75) is 6.54 Å². The van der Waals surface area contributed by atoms with Crippen molar-refractivity contribution in [2.24, 2.45) is 0 Å². The Morgan fingerprint density at radius 3 is 2.94 bits per heavy atom. The van der Waals surface area contributed by atoms with Crippen molar-refractivity contribution in [2.75, 3.05) is 7.05 Å². The lowest BCUT2D eigenvalue weighted by molar-refractivity contribution is 0.0779. The van der Waals surface area contributed by atoms with Crippen molar-refractivity contribution >= 4 is 33.2 Å². The molecule has 94 valence electrons. The molecule has 0 aliphatic heterocycles. The molecule has 7 heteroatoms. The van der Waals surface area contributed by atoms with Crippen molar-refractivity contribution in [3.05, 3.63) is 49.2 Å². The van der Waals surface area contributed by atoms with Gasteiger partial charge in [-0.25, -0.2) is 4.98 Å². The molecular formula is C11H10BrN3O2S. The molecule has 0 bridgehead atoms. The number of amides is 1. The summed E-state index contributed by atoms with van der Waals surface area (Å²) in [6.07, 6.45) is 2.42. The zero-order valence-corrected chi connectivity index (χ0v) is 11.9. The summed E-state index contributed by atoms with van der Waals surface area (Å²) in [6.45, 7) is 0.502. The van der Waals surface area contributed by atoms with Gasteiger partial charge in [0.25, 0.3) is 11.5 Å². The number of nitrogens with one attached hydrogen (secondary N) is 1. The van der Waals surface area contributed by atoms with Gasteiger partial charge < -0.3 is 9.88 Å². The van der Waals surface area contributed by atoms with Gasteiger partial charge in [-0.2, -0.15) is 0 Å². The van der Waals surface area contributed by atoms with Crippen LogP contribution in [0.5, 0.6) is 0 Å². The van der Waals surface area contributed by atoms with Crippen LogP contribution in [-0.2, 0) is 6.54 Å². The fourth-order valence-electron chi connectivity index (χ4n) is 1.43. The maximum atomic E-state index is 12.0. The molecule has 0 unspecified atom stereocenters. The molecule has 0 aliphatic carbocycles. The number of H-pyrrole nitrogens is 1. The number of aromatic nitrogens is 2. The third-order valence-electron chi connectivity index (χ3n) is 2.28. The Morgan fingerprint density at radius 2 is 2.39 bits per heavy atom. The predicted octanol–water partition coefficient (Wildman–Crippen LogP) is 1.87. The third-order valence-corrected chi connectivity index (χ3v) is 3.83. The molecule has 2 aromatic heterocycles. The van der Waals surface area contributed by atoms with Crippen molar-refractivity contribution in [1.29, 1.82) is 0 Å². The molecule has 0 aromatic carbocycles. The quantitative estimate of drug-likeness (QED) is 0.935. The standard InChI is InChI=1S/C11H10BrN3O2S/c1-15(5-7-2-9(12)18-6-7)11(17)8-3-14-10(16)4-13-8/h2-4,6H,5H2,1H3,(H,14,16). The van der Waals surface area contributed by atoms with Gasteiger partial charge in [-0.1, -0.05) is 0 Å². The zero-order valence-electron chi connectivity index (χ0n) is 9.51. The number of halogens is 1.